The highest BCUT2D eigenvalue weighted by atomic mass is 32.2. The first-order chi connectivity index (χ1) is 14.7. The van der Waals surface area contributed by atoms with Gasteiger partial charge in [0.1, 0.15) is 11.2 Å². The first-order valence-electron chi connectivity index (χ1n) is 9.39. The van der Waals surface area contributed by atoms with E-state index in [9.17, 15) is 22.2 Å². The molecule has 3 heterocycles. The number of H-pyrrole nitrogens is 1. The predicted molar refractivity (Wildman–Crippen MR) is 113 cm³/mol. The summed E-state index contributed by atoms with van der Waals surface area (Å²) in [6.07, 6.45) is -1.42. The van der Waals surface area contributed by atoms with E-state index in [1.165, 1.54) is 18.3 Å². The van der Waals surface area contributed by atoms with Gasteiger partial charge in [0.15, 0.2) is 0 Å². The van der Waals surface area contributed by atoms with E-state index in [-0.39, 0.29) is 16.9 Å². The van der Waals surface area contributed by atoms with Crippen LogP contribution in [0.2, 0.25) is 0 Å². The largest absolute Gasteiger partial charge is 0.416 e. The Balaban J connectivity index is 1.73. The van der Waals surface area contributed by atoms with Crippen molar-refractivity contribution >= 4 is 39.3 Å². The quantitative estimate of drug-likeness (QED) is 0.632. The van der Waals surface area contributed by atoms with Crippen molar-refractivity contribution in [2.75, 3.05) is 42.7 Å². The number of nitrogens with one attached hydrogen (secondary N) is 2. The van der Waals surface area contributed by atoms with Gasteiger partial charge in [0, 0.05) is 44.3 Å². The summed E-state index contributed by atoms with van der Waals surface area (Å²) in [5.41, 5.74) is -0.752. The first-order valence-corrected chi connectivity index (χ1v) is 10.9. The van der Waals surface area contributed by atoms with Gasteiger partial charge in [-0.1, -0.05) is 6.07 Å². The molecule has 0 radical (unpaired) electrons. The lowest BCUT2D eigenvalue weighted by molar-refractivity contribution is -0.137. The lowest BCUT2D eigenvalue weighted by Gasteiger charge is -2.33. The number of fused-ring (bicyclic) bond motifs is 1. The molecule has 1 aliphatic heterocycles. The van der Waals surface area contributed by atoms with Gasteiger partial charge >= 0.3 is 6.18 Å². The van der Waals surface area contributed by atoms with Crippen LogP contribution in [0.15, 0.2) is 41.3 Å². The van der Waals surface area contributed by atoms with Gasteiger partial charge in [0.25, 0.3) is 5.56 Å². The molecule has 8 nitrogen and oxygen atoms in total. The highest BCUT2D eigenvalue weighted by Crippen LogP contribution is 2.32. The van der Waals surface area contributed by atoms with Crippen LogP contribution in [0.1, 0.15) is 5.56 Å². The summed E-state index contributed by atoms with van der Waals surface area (Å²) < 4.78 is 52.7. The van der Waals surface area contributed by atoms with E-state index >= 15 is 0 Å². The Labute approximate surface area is 177 Å². The average molecular weight is 452 g/mol. The maximum Gasteiger partial charge on any atom is 0.416 e. The Bertz CT molecular complexity index is 1190. The number of hydrogen-bond acceptors (Lipinski definition) is 6. The number of benzene rings is 1. The Morgan fingerprint density at radius 3 is 2.55 bits per heavy atom. The number of pyridine rings is 1. The highest BCUT2D eigenvalue weighted by molar-refractivity contribution is 7.81. The third kappa shape index (κ3) is 4.54. The molecule has 2 N–H and O–H groups in total. The normalized spacial score (nSPS) is 16.5. The van der Waals surface area contributed by atoms with Gasteiger partial charge in [0.2, 0.25) is 5.95 Å². The number of aromatic nitrogens is 3. The molecule has 0 bridgehead atoms. The monoisotopic (exact) mass is 452 g/mol. The molecular weight excluding hydrogens is 433 g/mol. The van der Waals surface area contributed by atoms with Crippen molar-refractivity contribution in [1.29, 1.82) is 0 Å². The van der Waals surface area contributed by atoms with Gasteiger partial charge in [-0.15, -0.1) is 0 Å². The number of rotatable bonds is 4. The average Bonchev–Trinajstić information content (AvgIpc) is 2.73. The summed E-state index contributed by atoms with van der Waals surface area (Å²) >= 11 is 0. The Hall–Kier alpha value is -2.99. The number of halogens is 3. The minimum Gasteiger partial charge on any atom is -0.339 e. The number of hydrogen-bond donors (Lipinski definition) is 2. The van der Waals surface area contributed by atoms with Crippen molar-refractivity contribution in [3.63, 3.8) is 0 Å². The number of aromatic amines is 1. The SMILES string of the molecule is CS(=O)N1CCN(c2nc(Nc3cccc(C(F)(F)F)c3)c3c(=O)[nH]ccc3n2)CC1. The Kier molecular flexibility index (Phi) is 5.67. The number of alkyl halides is 3. The lowest BCUT2D eigenvalue weighted by atomic mass is 10.2. The number of anilines is 3. The molecule has 1 atom stereocenters. The van der Waals surface area contributed by atoms with Crippen LogP contribution >= 0.6 is 0 Å². The van der Waals surface area contributed by atoms with Crippen LogP contribution < -0.4 is 15.8 Å². The molecule has 4 rings (SSSR count). The van der Waals surface area contributed by atoms with Crippen LogP contribution in [-0.4, -0.2) is 55.9 Å². The molecule has 0 saturated carbocycles. The standard InChI is InChI=1S/C19H19F3N6O2S/c1-31(30)28-9-7-27(8-10-28)18-25-14-5-6-23-17(29)15(14)16(26-18)24-13-4-2-3-12(11-13)19(20,21)22/h2-6,11H,7-10H2,1H3,(H,23,29)(H,24,25,26). The fraction of sp³-hybridized carbons (Fsp3) is 0.316. The fourth-order valence-corrected chi connectivity index (χ4v) is 4.04. The second-order valence-electron chi connectivity index (χ2n) is 6.98. The summed E-state index contributed by atoms with van der Waals surface area (Å²) in [7, 11) is -1.07. The molecule has 1 unspecified atom stereocenters. The van der Waals surface area contributed by atoms with E-state index in [2.05, 4.69) is 20.3 Å². The minimum absolute atomic E-state index is 0.114. The van der Waals surface area contributed by atoms with E-state index in [0.717, 1.165) is 12.1 Å². The molecule has 0 amide bonds. The molecule has 1 aliphatic rings. The molecule has 164 valence electrons. The van der Waals surface area contributed by atoms with Crippen LogP contribution in [0.5, 0.6) is 0 Å². The van der Waals surface area contributed by atoms with Crippen LogP contribution in [0.3, 0.4) is 0 Å². The second-order valence-corrected chi connectivity index (χ2v) is 8.35. The summed E-state index contributed by atoms with van der Waals surface area (Å²) in [6.45, 7) is 2.15. The molecular formula is C19H19F3N6O2S. The van der Waals surface area contributed by atoms with Crippen molar-refractivity contribution in [2.45, 2.75) is 6.18 Å². The molecule has 1 saturated heterocycles. The lowest BCUT2D eigenvalue weighted by Crippen LogP contribution is -2.47. The van der Waals surface area contributed by atoms with Crippen molar-refractivity contribution < 1.29 is 17.4 Å². The van der Waals surface area contributed by atoms with Gasteiger partial charge in [-0.05, 0) is 24.3 Å². The van der Waals surface area contributed by atoms with Gasteiger partial charge < -0.3 is 15.2 Å². The van der Waals surface area contributed by atoms with Crippen molar-refractivity contribution in [3.8, 4) is 0 Å². The van der Waals surface area contributed by atoms with Gasteiger partial charge in [-0.3, -0.25) is 4.79 Å². The topological polar surface area (TPSA) is 94.2 Å². The highest BCUT2D eigenvalue weighted by Gasteiger charge is 2.30. The minimum atomic E-state index is -4.49. The van der Waals surface area contributed by atoms with Gasteiger partial charge in [0.05, 0.1) is 22.1 Å². The van der Waals surface area contributed by atoms with Crippen molar-refractivity contribution in [1.82, 2.24) is 19.3 Å². The first kappa shape index (κ1) is 21.2. The second kappa shape index (κ2) is 8.27. The van der Waals surface area contributed by atoms with Crippen LogP contribution in [0.25, 0.3) is 10.9 Å². The molecule has 2 aromatic heterocycles. The summed E-state index contributed by atoms with van der Waals surface area (Å²) in [4.78, 5) is 25.8. The molecule has 12 heteroatoms. The zero-order valence-electron chi connectivity index (χ0n) is 16.4. The molecule has 31 heavy (non-hydrogen) atoms. The zero-order valence-corrected chi connectivity index (χ0v) is 17.3. The van der Waals surface area contributed by atoms with E-state index < -0.39 is 28.3 Å². The molecule has 1 aromatic carbocycles. The summed E-state index contributed by atoms with van der Waals surface area (Å²) in [6, 6.07) is 6.29. The molecule has 0 spiro atoms. The van der Waals surface area contributed by atoms with E-state index in [1.54, 1.807) is 12.3 Å². The maximum atomic E-state index is 13.1. The smallest absolute Gasteiger partial charge is 0.339 e. The zero-order chi connectivity index (χ0) is 22.2. The van der Waals surface area contributed by atoms with Crippen molar-refractivity contribution in [3.05, 3.63) is 52.4 Å². The maximum absolute atomic E-state index is 13.1. The molecule has 1 fully saturated rings. The third-order valence-corrected chi connectivity index (χ3v) is 6.04. The van der Waals surface area contributed by atoms with E-state index in [1.807, 2.05) is 9.21 Å². The van der Waals surface area contributed by atoms with Crippen LogP contribution in [0.4, 0.5) is 30.6 Å². The van der Waals surface area contributed by atoms with Crippen LogP contribution in [0, 0.1) is 0 Å². The fourth-order valence-electron chi connectivity index (χ4n) is 3.37. The van der Waals surface area contributed by atoms with Crippen molar-refractivity contribution in [2.24, 2.45) is 0 Å². The summed E-state index contributed by atoms with van der Waals surface area (Å²) in [5, 5.41) is 3.00. The Morgan fingerprint density at radius 2 is 1.87 bits per heavy atom. The predicted octanol–water partition coefficient (Wildman–Crippen LogP) is 2.50. The van der Waals surface area contributed by atoms with E-state index in [0.29, 0.717) is 37.6 Å². The summed E-state index contributed by atoms with van der Waals surface area (Å²) in [5.74, 6) is 0.455. The Morgan fingerprint density at radius 1 is 1.13 bits per heavy atom. The van der Waals surface area contributed by atoms with Gasteiger partial charge in [-0.25, -0.2) is 13.5 Å². The number of nitrogens with zero attached hydrogens (tertiary/aromatic N) is 4. The molecule has 3 aromatic rings. The molecule has 0 aliphatic carbocycles. The third-order valence-electron chi connectivity index (χ3n) is 4.95. The van der Waals surface area contributed by atoms with Gasteiger partial charge in [-0.2, -0.15) is 18.2 Å². The number of piperazine rings is 1. The van der Waals surface area contributed by atoms with E-state index in [4.69, 9.17) is 0 Å². The van der Waals surface area contributed by atoms with Crippen LogP contribution in [-0.2, 0) is 17.2 Å².